The van der Waals surface area contributed by atoms with Gasteiger partial charge in [-0.3, -0.25) is 0 Å². The molecule has 0 N–H and O–H groups in total. The molecule has 3 nitrogen and oxygen atoms in total. The number of imidazole rings is 1. The van der Waals surface area contributed by atoms with Gasteiger partial charge in [-0.25, -0.2) is 4.98 Å². The van der Waals surface area contributed by atoms with Crippen LogP contribution in [0.2, 0.25) is 0 Å². The second kappa shape index (κ2) is 6.00. The standard InChI is InChI=1S/C18H20N2O/c1-14(2)18-19-16-10-6-7-11-17(16)20(18)12-13-21-15-8-4-3-5-9-15/h3-11,14H,12-13H2,1-2H3. The Morgan fingerprint density at radius 3 is 2.48 bits per heavy atom. The normalized spacial score (nSPS) is 11.2. The Balaban J connectivity index is 1.81. The molecule has 0 fully saturated rings. The maximum atomic E-state index is 5.81. The van der Waals surface area contributed by atoms with Crippen LogP contribution in [0.4, 0.5) is 0 Å². The summed E-state index contributed by atoms with van der Waals surface area (Å²) < 4.78 is 8.08. The third kappa shape index (κ3) is 2.92. The van der Waals surface area contributed by atoms with Gasteiger partial charge in [-0.1, -0.05) is 44.2 Å². The molecule has 0 unspecified atom stereocenters. The number of para-hydroxylation sites is 3. The molecule has 0 bridgehead atoms. The first-order valence-corrected chi connectivity index (χ1v) is 7.38. The van der Waals surface area contributed by atoms with Crippen LogP contribution in [0, 0.1) is 0 Å². The zero-order valence-corrected chi connectivity index (χ0v) is 12.5. The molecule has 0 amide bonds. The fourth-order valence-electron chi connectivity index (χ4n) is 2.54. The highest BCUT2D eigenvalue weighted by Gasteiger charge is 2.12. The van der Waals surface area contributed by atoms with Crippen molar-refractivity contribution in [3.8, 4) is 5.75 Å². The lowest BCUT2D eigenvalue weighted by Gasteiger charge is -2.12. The third-order valence-corrected chi connectivity index (χ3v) is 3.53. The van der Waals surface area contributed by atoms with Crippen LogP contribution >= 0.6 is 0 Å². The lowest BCUT2D eigenvalue weighted by molar-refractivity contribution is 0.297. The van der Waals surface area contributed by atoms with Gasteiger partial charge in [0, 0.05) is 5.92 Å². The van der Waals surface area contributed by atoms with E-state index in [0.29, 0.717) is 12.5 Å². The zero-order valence-electron chi connectivity index (χ0n) is 12.5. The summed E-state index contributed by atoms with van der Waals surface area (Å²) in [7, 11) is 0. The highest BCUT2D eigenvalue weighted by atomic mass is 16.5. The van der Waals surface area contributed by atoms with Gasteiger partial charge in [-0.2, -0.15) is 0 Å². The maximum absolute atomic E-state index is 5.81. The second-order valence-electron chi connectivity index (χ2n) is 5.43. The topological polar surface area (TPSA) is 27.1 Å². The summed E-state index contributed by atoms with van der Waals surface area (Å²) in [6.07, 6.45) is 0. The highest BCUT2D eigenvalue weighted by molar-refractivity contribution is 5.76. The molecule has 0 aliphatic rings. The van der Waals surface area contributed by atoms with E-state index in [9.17, 15) is 0 Å². The SMILES string of the molecule is CC(C)c1nc2ccccc2n1CCOc1ccccc1. The minimum atomic E-state index is 0.397. The monoisotopic (exact) mass is 280 g/mol. The molecule has 0 spiro atoms. The fraction of sp³-hybridized carbons (Fsp3) is 0.278. The van der Waals surface area contributed by atoms with E-state index in [1.54, 1.807) is 0 Å². The molecule has 0 aliphatic heterocycles. The minimum Gasteiger partial charge on any atom is -0.492 e. The van der Waals surface area contributed by atoms with Gasteiger partial charge in [0.15, 0.2) is 0 Å². The Morgan fingerprint density at radius 2 is 1.71 bits per heavy atom. The number of nitrogens with zero attached hydrogens (tertiary/aromatic N) is 2. The Labute approximate surface area is 125 Å². The van der Waals surface area contributed by atoms with Crippen molar-refractivity contribution in [2.45, 2.75) is 26.3 Å². The van der Waals surface area contributed by atoms with Gasteiger partial charge in [0.25, 0.3) is 0 Å². The molecular weight excluding hydrogens is 260 g/mol. The van der Waals surface area contributed by atoms with Gasteiger partial charge in [-0.15, -0.1) is 0 Å². The summed E-state index contributed by atoms with van der Waals surface area (Å²) in [5.74, 6) is 2.43. The van der Waals surface area contributed by atoms with E-state index in [1.165, 1.54) is 5.52 Å². The molecule has 0 atom stereocenters. The Kier molecular flexibility index (Phi) is 3.91. The average Bonchev–Trinajstić information content (AvgIpc) is 2.88. The van der Waals surface area contributed by atoms with Crippen LogP contribution in [-0.4, -0.2) is 16.2 Å². The first-order chi connectivity index (χ1) is 10.3. The molecule has 1 aromatic heterocycles. The van der Waals surface area contributed by atoms with Gasteiger partial charge >= 0.3 is 0 Å². The zero-order chi connectivity index (χ0) is 14.7. The van der Waals surface area contributed by atoms with Crippen LogP contribution in [0.1, 0.15) is 25.6 Å². The van der Waals surface area contributed by atoms with E-state index in [-0.39, 0.29) is 0 Å². The van der Waals surface area contributed by atoms with Gasteiger partial charge in [0.2, 0.25) is 0 Å². The van der Waals surface area contributed by atoms with Crippen molar-refractivity contribution in [2.75, 3.05) is 6.61 Å². The van der Waals surface area contributed by atoms with E-state index in [2.05, 4.69) is 36.6 Å². The van der Waals surface area contributed by atoms with E-state index in [1.807, 2.05) is 36.4 Å². The average molecular weight is 280 g/mol. The molecule has 0 radical (unpaired) electrons. The summed E-state index contributed by atoms with van der Waals surface area (Å²) in [5, 5.41) is 0. The summed E-state index contributed by atoms with van der Waals surface area (Å²) in [5.41, 5.74) is 2.23. The van der Waals surface area contributed by atoms with Crippen molar-refractivity contribution < 1.29 is 4.74 Å². The van der Waals surface area contributed by atoms with Gasteiger partial charge < -0.3 is 9.30 Å². The van der Waals surface area contributed by atoms with Crippen molar-refractivity contribution in [3.05, 3.63) is 60.4 Å². The summed E-state index contributed by atoms with van der Waals surface area (Å²) >= 11 is 0. The molecule has 1 heterocycles. The molecule has 21 heavy (non-hydrogen) atoms. The number of hydrogen-bond donors (Lipinski definition) is 0. The second-order valence-corrected chi connectivity index (χ2v) is 5.43. The highest BCUT2D eigenvalue weighted by Crippen LogP contribution is 2.21. The molecule has 0 saturated carbocycles. The predicted octanol–water partition coefficient (Wildman–Crippen LogP) is 4.24. The number of fused-ring (bicyclic) bond motifs is 1. The lowest BCUT2D eigenvalue weighted by atomic mass is 10.2. The van der Waals surface area contributed by atoms with Crippen LogP contribution in [-0.2, 0) is 6.54 Å². The van der Waals surface area contributed by atoms with E-state index < -0.39 is 0 Å². The van der Waals surface area contributed by atoms with E-state index in [4.69, 9.17) is 9.72 Å². The molecule has 3 heteroatoms. The summed E-state index contributed by atoms with van der Waals surface area (Å²) in [4.78, 5) is 4.75. The number of benzene rings is 2. The van der Waals surface area contributed by atoms with Crippen LogP contribution in [0.5, 0.6) is 5.75 Å². The summed E-state index contributed by atoms with van der Waals surface area (Å²) in [6, 6.07) is 18.2. The molecule has 0 saturated heterocycles. The van der Waals surface area contributed by atoms with Crippen LogP contribution in [0.3, 0.4) is 0 Å². The summed E-state index contributed by atoms with van der Waals surface area (Å²) in [6.45, 7) is 5.80. The molecule has 108 valence electrons. The Morgan fingerprint density at radius 1 is 1.00 bits per heavy atom. The minimum absolute atomic E-state index is 0.397. The van der Waals surface area contributed by atoms with Crippen LogP contribution in [0.15, 0.2) is 54.6 Å². The van der Waals surface area contributed by atoms with Crippen LogP contribution in [0.25, 0.3) is 11.0 Å². The molecule has 2 aromatic carbocycles. The third-order valence-electron chi connectivity index (χ3n) is 3.53. The number of aromatic nitrogens is 2. The van der Waals surface area contributed by atoms with Crippen molar-refractivity contribution in [3.63, 3.8) is 0 Å². The number of rotatable bonds is 5. The quantitative estimate of drug-likeness (QED) is 0.699. The fourth-order valence-corrected chi connectivity index (χ4v) is 2.54. The van der Waals surface area contributed by atoms with Gasteiger partial charge in [-0.05, 0) is 24.3 Å². The van der Waals surface area contributed by atoms with E-state index in [0.717, 1.165) is 23.6 Å². The largest absolute Gasteiger partial charge is 0.492 e. The molecule has 3 aromatic rings. The number of ether oxygens (including phenoxy) is 1. The Hall–Kier alpha value is -2.29. The van der Waals surface area contributed by atoms with Crippen molar-refractivity contribution in [1.82, 2.24) is 9.55 Å². The van der Waals surface area contributed by atoms with Crippen LogP contribution < -0.4 is 4.74 Å². The van der Waals surface area contributed by atoms with Crippen molar-refractivity contribution in [2.24, 2.45) is 0 Å². The first-order valence-electron chi connectivity index (χ1n) is 7.38. The predicted molar refractivity (Wildman–Crippen MR) is 85.8 cm³/mol. The maximum Gasteiger partial charge on any atom is 0.119 e. The lowest BCUT2D eigenvalue weighted by Crippen LogP contribution is -2.12. The van der Waals surface area contributed by atoms with E-state index >= 15 is 0 Å². The van der Waals surface area contributed by atoms with Gasteiger partial charge in [0.05, 0.1) is 17.6 Å². The molecular formula is C18H20N2O. The van der Waals surface area contributed by atoms with Crippen molar-refractivity contribution >= 4 is 11.0 Å². The van der Waals surface area contributed by atoms with Crippen molar-refractivity contribution in [1.29, 1.82) is 0 Å². The molecule has 0 aliphatic carbocycles. The molecule has 3 rings (SSSR count). The Bertz CT molecular complexity index is 716. The van der Waals surface area contributed by atoms with Gasteiger partial charge in [0.1, 0.15) is 18.2 Å². The number of hydrogen-bond acceptors (Lipinski definition) is 2. The first kappa shape index (κ1) is 13.7. The smallest absolute Gasteiger partial charge is 0.119 e.